The lowest BCUT2D eigenvalue weighted by Crippen LogP contribution is -2.42. The summed E-state index contributed by atoms with van der Waals surface area (Å²) in [6, 6.07) is 10.5. The van der Waals surface area contributed by atoms with Gasteiger partial charge in [0.25, 0.3) is 5.91 Å². The molecule has 0 unspecified atom stereocenters. The molecule has 0 atom stereocenters. The number of nitrogens with one attached hydrogen (secondary N) is 2. The third kappa shape index (κ3) is 4.98. The van der Waals surface area contributed by atoms with Crippen LogP contribution in [0.2, 0.25) is 0 Å². The summed E-state index contributed by atoms with van der Waals surface area (Å²) in [5.74, 6) is 0.940. The van der Waals surface area contributed by atoms with Gasteiger partial charge in [-0.05, 0) is 56.5 Å². The van der Waals surface area contributed by atoms with Crippen molar-refractivity contribution < 1.29 is 18.7 Å². The number of oxazole rings is 1. The summed E-state index contributed by atoms with van der Waals surface area (Å²) in [6.07, 6.45) is 0.0570. The highest BCUT2D eigenvalue weighted by Gasteiger charge is 2.16. The molecule has 3 aromatic rings. The smallest absolute Gasteiger partial charge is 0.269 e. The molecule has 0 bridgehead atoms. The fraction of sp³-hybridized carbons (Fsp3) is 0.250. The number of hydrogen-bond acceptors (Lipinski definition) is 6. The lowest BCUT2D eigenvalue weighted by molar-refractivity contribution is -0.121. The third-order valence-electron chi connectivity index (χ3n) is 3.76. The van der Waals surface area contributed by atoms with E-state index in [-0.39, 0.29) is 18.4 Å². The molecule has 0 fully saturated rings. The number of carbonyl (C=O) groups excluding carboxylic acids is 2. The maximum atomic E-state index is 12.2. The minimum absolute atomic E-state index is 0.00214. The Balaban J connectivity index is 1.53. The lowest BCUT2D eigenvalue weighted by atomic mass is 10.2. The highest BCUT2D eigenvalue weighted by Crippen LogP contribution is 2.26. The van der Waals surface area contributed by atoms with Gasteiger partial charge in [-0.1, -0.05) is 6.07 Å². The first-order valence-electron chi connectivity index (χ1n) is 8.78. The van der Waals surface area contributed by atoms with Gasteiger partial charge >= 0.3 is 0 Å². The summed E-state index contributed by atoms with van der Waals surface area (Å²) >= 11 is 1.51. The zero-order valence-electron chi connectivity index (χ0n) is 15.8. The maximum Gasteiger partial charge on any atom is 0.269 e. The van der Waals surface area contributed by atoms with Crippen LogP contribution in [0.25, 0.3) is 10.8 Å². The molecule has 146 valence electrons. The molecule has 1 aromatic carbocycles. The molecule has 0 radical (unpaired) electrons. The topological polar surface area (TPSA) is 93.5 Å². The van der Waals surface area contributed by atoms with E-state index in [0.29, 0.717) is 28.7 Å². The average molecular weight is 399 g/mol. The molecule has 0 spiro atoms. The van der Waals surface area contributed by atoms with E-state index in [2.05, 4.69) is 15.8 Å². The van der Waals surface area contributed by atoms with Crippen LogP contribution in [0.4, 0.5) is 0 Å². The van der Waals surface area contributed by atoms with Crippen LogP contribution in [0.15, 0.2) is 46.2 Å². The second-order valence-corrected chi connectivity index (χ2v) is 7.32. The van der Waals surface area contributed by atoms with Gasteiger partial charge in [0.15, 0.2) is 0 Å². The molecule has 0 aliphatic carbocycles. The number of aromatic nitrogens is 1. The van der Waals surface area contributed by atoms with E-state index >= 15 is 0 Å². The molecule has 3 rings (SSSR count). The molecule has 8 heteroatoms. The number of hydrazine groups is 1. The highest BCUT2D eigenvalue weighted by atomic mass is 32.1. The number of rotatable bonds is 6. The second-order valence-electron chi connectivity index (χ2n) is 6.37. The largest absolute Gasteiger partial charge is 0.491 e. The van der Waals surface area contributed by atoms with Gasteiger partial charge in [0.1, 0.15) is 11.5 Å². The summed E-state index contributed by atoms with van der Waals surface area (Å²) in [5, 5.41) is 1.93. The van der Waals surface area contributed by atoms with Crippen LogP contribution in [0.1, 0.15) is 35.7 Å². The van der Waals surface area contributed by atoms with Crippen molar-refractivity contribution in [2.45, 2.75) is 33.3 Å². The molecule has 28 heavy (non-hydrogen) atoms. The number of thiophene rings is 1. The summed E-state index contributed by atoms with van der Waals surface area (Å²) in [6.45, 7) is 5.61. The lowest BCUT2D eigenvalue weighted by Gasteiger charge is -2.10. The van der Waals surface area contributed by atoms with Crippen molar-refractivity contribution in [1.82, 2.24) is 15.8 Å². The third-order valence-corrected chi connectivity index (χ3v) is 4.61. The average Bonchev–Trinajstić information content (AvgIpc) is 3.30. The fourth-order valence-corrected chi connectivity index (χ4v) is 3.10. The van der Waals surface area contributed by atoms with E-state index in [1.54, 1.807) is 31.2 Å². The van der Waals surface area contributed by atoms with E-state index in [9.17, 15) is 9.59 Å². The normalized spacial score (nSPS) is 10.7. The Kier molecular flexibility index (Phi) is 6.10. The Labute approximate surface area is 166 Å². The van der Waals surface area contributed by atoms with E-state index in [1.807, 2.05) is 31.4 Å². The molecule has 0 saturated carbocycles. The minimum Gasteiger partial charge on any atom is -0.491 e. The Bertz CT molecular complexity index is 947. The summed E-state index contributed by atoms with van der Waals surface area (Å²) in [7, 11) is 0. The first kappa shape index (κ1) is 19.6. The van der Waals surface area contributed by atoms with Crippen molar-refractivity contribution in [1.29, 1.82) is 0 Å². The molecule has 2 aromatic heterocycles. The second kappa shape index (κ2) is 8.71. The molecule has 2 heterocycles. The number of amides is 2. The summed E-state index contributed by atoms with van der Waals surface area (Å²) in [5.41, 5.74) is 5.74. The first-order valence-corrected chi connectivity index (χ1v) is 9.66. The van der Waals surface area contributed by atoms with Gasteiger partial charge in [0, 0.05) is 5.56 Å². The number of hydrogen-bond donors (Lipinski definition) is 2. The highest BCUT2D eigenvalue weighted by molar-refractivity contribution is 7.13. The molecular weight excluding hydrogens is 378 g/mol. The zero-order chi connectivity index (χ0) is 20.1. The van der Waals surface area contributed by atoms with Crippen LogP contribution in [-0.4, -0.2) is 22.9 Å². The monoisotopic (exact) mass is 399 g/mol. The molecule has 2 amide bonds. The number of ether oxygens (including phenoxy) is 1. The van der Waals surface area contributed by atoms with Crippen molar-refractivity contribution >= 4 is 23.2 Å². The maximum absolute atomic E-state index is 12.2. The number of carbonyl (C=O) groups is 2. The first-order chi connectivity index (χ1) is 13.4. The van der Waals surface area contributed by atoms with Crippen molar-refractivity contribution in [3.8, 4) is 16.5 Å². The van der Waals surface area contributed by atoms with Gasteiger partial charge < -0.3 is 9.15 Å². The van der Waals surface area contributed by atoms with Crippen LogP contribution >= 0.6 is 11.3 Å². The van der Waals surface area contributed by atoms with Crippen LogP contribution < -0.4 is 15.6 Å². The van der Waals surface area contributed by atoms with Gasteiger partial charge in [-0.2, -0.15) is 0 Å². The van der Waals surface area contributed by atoms with Crippen molar-refractivity contribution in [3.05, 3.63) is 58.8 Å². The van der Waals surface area contributed by atoms with Gasteiger partial charge in [-0.3, -0.25) is 20.4 Å². The molecular formula is C20H21N3O4S. The van der Waals surface area contributed by atoms with Gasteiger partial charge in [0.2, 0.25) is 11.8 Å². The van der Waals surface area contributed by atoms with Crippen molar-refractivity contribution in [3.63, 3.8) is 0 Å². The Hall–Kier alpha value is -3.13. The molecule has 2 N–H and O–H groups in total. The number of benzene rings is 1. The van der Waals surface area contributed by atoms with Crippen molar-refractivity contribution in [2.75, 3.05) is 0 Å². The van der Waals surface area contributed by atoms with Gasteiger partial charge in [-0.15, -0.1) is 11.3 Å². The number of aryl methyl sites for hydroxylation is 1. The number of nitrogens with zero attached hydrogens (tertiary/aromatic N) is 1. The Morgan fingerprint density at radius 1 is 1.18 bits per heavy atom. The Morgan fingerprint density at radius 3 is 2.57 bits per heavy atom. The van der Waals surface area contributed by atoms with Crippen molar-refractivity contribution in [2.24, 2.45) is 0 Å². The van der Waals surface area contributed by atoms with E-state index in [1.165, 1.54) is 11.3 Å². The predicted octanol–water partition coefficient (Wildman–Crippen LogP) is 3.50. The van der Waals surface area contributed by atoms with Gasteiger partial charge in [-0.25, -0.2) is 4.98 Å². The van der Waals surface area contributed by atoms with Crippen LogP contribution in [0.5, 0.6) is 5.75 Å². The Morgan fingerprint density at radius 2 is 1.93 bits per heavy atom. The summed E-state index contributed by atoms with van der Waals surface area (Å²) < 4.78 is 11.2. The minimum atomic E-state index is -0.416. The van der Waals surface area contributed by atoms with E-state index < -0.39 is 5.91 Å². The standard InChI is InChI=1S/C20H21N3O4S/c1-12(2)26-15-8-6-14(7-9-15)19(25)23-22-18(24)11-16-13(3)27-20(21-16)17-5-4-10-28-17/h4-10,12H,11H2,1-3H3,(H,22,24)(H,23,25). The molecule has 7 nitrogen and oxygen atoms in total. The van der Waals surface area contributed by atoms with Crippen LogP contribution in [0.3, 0.4) is 0 Å². The molecule has 0 aliphatic rings. The predicted molar refractivity (Wildman–Crippen MR) is 106 cm³/mol. The SMILES string of the molecule is Cc1oc(-c2cccs2)nc1CC(=O)NNC(=O)c1ccc(OC(C)C)cc1. The van der Waals surface area contributed by atoms with E-state index in [0.717, 1.165) is 4.88 Å². The fourth-order valence-electron chi connectivity index (χ4n) is 2.45. The van der Waals surface area contributed by atoms with Crippen LogP contribution in [-0.2, 0) is 11.2 Å². The quantitative estimate of drug-likeness (QED) is 0.619. The molecule has 0 saturated heterocycles. The van der Waals surface area contributed by atoms with E-state index in [4.69, 9.17) is 9.15 Å². The summed E-state index contributed by atoms with van der Waals surface area (Å²) in [4.78, 5) is 29.6. The molecule has 0 aliphatic heterocycles. The van der Waals surface area contributed by atoms with Gasteiger partial charge in [0.05, 0.1) is 23.1 Å². The zero-order valence-corrected chi connectivity index (χ0v) is 16.6. The van der Waals surface area contributed by atoms with Crippen LogP contribution in [0, 0.1) is 6.92 Å².